The van der Waals surface area contributed by atoms with Crippen LogP contribution in [0.1, 0.15) is 22.7 Å². The van der Waals surface area contributed by atoms with E-state index in [9.17, 15) is 13.2 Å². The molecule has 2 aromatic carbocycles. The van der Waals surface area contributed by atoms with Gasteiger partial charge in [-0.2, -0.15) is 13.2 Å². The molecule has 0 saturated carbocycles. The lowest BCUT2D eigenvalue weighted by Gasteiger charge is -2.05. The molecule has 0 spiro atoms. The molecule has 25 heavy (non-hydrogen) atoms. The standard InChI is InChI=1S/C19H15F3N2O/c20-19(21,22)15-9-6-14(7-10-15)8-11-18-24-17(13-25-18)12-23-16-4-2-1-3-5-16/h1-11,13,23H,12H2. The molecule has 3 rings (SSSR count). The molecule has 128 valence electrons. The highest BCUT2D eigenvalue weighted by molar-refractivity contribution is 5.66. The lowest BCUT2D eigenvalue weighted by molar-refractivity contribution is -0.137. The van der Waals surface area contributed by atoms with Crippen LogP contribution in [0.5, 0.6) is 0 Å². The number of para-hydroxylation sites is 1. The first kappa shape index (κ1) is 16.8. The van der Waals surface area contributed by atoms with Crippen LogP contribution in [0.4, 0.5) is 18.9 Å². The van der Waals surface area contributed by atoms with Gasteiger partial charge in [-0.1, -0.05) is 30.3 Å². The van der Waals surface area contributed by atoms with Gasteiger partial charge in [0.1, 0.15) is 6.26 Å². The van der Waals surface area contributed by atoms with E-state index in [1.54, 1.807) is 18.4 Å². The third-order valence-corrected chi connectivity index (χ3v) is 3.47. The van der Waals surface area contributed by atoms with Crippen molar-refractivity contribution in [1.29, 1.82) is 0 Å². The largest absolute Gasteiger partial charge is 0.445 e. The minimum Gasteiger partial charge on any atom is -0.445 e. The molecule has 0 aliphatic carbocycles. The molecule has 1 heterocycles. The molecular formula is C19H15F3N2O. The highest BCUT2D eigenvalue weighted by Crippen LogP contribution is 2.29. The van der Waals surface area contributed by atoms with Gasteiger partial charge < -0.3 is 9.73 Å². The van der Waals surface area contributed by atoms with Crippen LogP contribution < -0.4 is 5.32 Å². The van der Waals surface area contributed by atoms with Crippen molar-refractivity contribution in [3.05, 3.63) is 83.6 Å². The maximum atomic E-state index is 12.5. The maximum Gasteiger partial charge on any atom is 0.416 e. The Balaban J connectivity index is 1.60. The molecule has 3 aromatic rings. The van der Waals surface area contributed by atoms with Crippen LogP contribution >= 0.6 is 0 Å². The normalized spacial score (nSPS) is 11.8. The zero-order chi connectivity index (χ0) is 17.7. The highest BCUT2D eigenvalue weighted by atomic mass is 19.4. The third kappa shape index (κ3) is 4.73. The van der Waals surface area contributed by atoms with Crippen LogP contribution in [0.2, 0.25) is 0 Å². The Morgan fingerprint density at radius 1 is 0.960 bits per heavy atom. The number of hydrogen-bond donors (Lipinski definition) is 1. The van der Waals surface area contributed by atoms with E-state index in [4.69, 9.17) is 4.42 Å². The number of benzene rings is 2. The fourth-order valence-electron chi connectivity index (χ4n) is 2.18. The predicted octanol–water partition coefficient (Wildman–Crippen LogP) is 5.48. The van der Waals surface area contributed by atoms with Crippen molar-refractivity contribution >= 4 is 17.8 Å². The molecule has 0 bridgehead atoms. The summed E-state index contributed by atoms with van der Waals surface area (Å²) in [6, 6.07) is 14.6. The smallest absolute Gasteiger partial charge is 0.416 e. The molecule has 0 fully saturated rings. The molecule has 0 amide bonds. The first-order valence-electron chi connectivity index (χ1n) is 7.59. The Hall–Kier alpha value is -3.02. The van der Waals surface area contributed by atoms with Crippen LogP contribution in [0.25, 0.3) is 12.2 Å². The molecule has 3 nitrogen and oxygen atoms in total. The van der Waals surface area contributed by atoms with Crippen LogP contribution in [-0.4, -0.2) is 4.98 Å². The van der Waals surface area contributed by atoms with Gasteiger partial charge in [-0.25, -0.2) is 4.98 Å². The Labute approximate surface area is 142 Å². The van der Waals surface area contributed by atoms with Gasteiger partial charge in [-0.05, 0) is 35.9 Å². The van der Waals surface area contributed by atoms with E-state index in [1.807, 2.05) is 30.3 Å². The van der Waals surface area contributed by atoms with Gasteiger partial charge in [0, 0.05) is 11.8 Å². The Morgan fingerprint density at radius 2 is 1.68 bits per heavy atom. The minimum atomic E-state index is -4.33. The summed E-state index contributed by atoms with van der Waals surface area (Å²) in [5, 5.41) is 3.22. The Kier molecular flexibility index (Phi) is 4.88. The summed E-state index contributed by atoms with van der Waals surface area (Å²) in [6.45, 7) is 0.516. The average Bonchev–Trinajstić information content (AvgIpc) is 3.07. The molecule has 0 aliphatic rings. The summed E-state index contributed by atoms with van der Waals surface area (Å²) in [4.78, 5) is 4.30. The van der Waals surface area contributed by atoms with Gasteiger partial charge >= 0.3 is 6.18 Å². The van der Waals surface area contributed by atoms with Crippen molar-refractivity contribution in [3.8, 4) is 0 Å². The molecule has 0 unspecified atom stereocenters. The van der Waals surface area contributed by atoms with Crippen molar-refractivity contribution in [2.45, 2.75) is 12.7 Å². The number of rotatable bonds is 5. The third-order valence-electron chi connectivity index (χ3n) is 3.47. The summed E-state index contributed by atoms with van der Waals surface area (Å²) in [5.41, 5.74) is 1.67. The fourth-order valence-corrected chi connectivity index (χ4v) is 2.18. The molecule has 0 aliphatic heterocycles. The number of nitrogens with one attached hydrogen (secondary N) is 1. The lowest BCUT2D eigenvalue weighted by Crippen LogP contribution is -2.03. The predicted molar refractivity (Wildman–Crippen MR) is 90.6 cm³/mol. The Morgan fingerprint density at radius 3 is 2.36 bits per heavy atom. The average molecular weight is 344 g/mol. The van der Waals surface area contributed by atoms with Crippen LogP contribution in [0.15, 0.2) is 65.3 Å². The van der Waals surface area contributed by atoms with E-state index < -0.39 is 11.7 Å². The van der Waals surface area contributed by atoms with E-state index in [1.165, 1.54) is 12.1 Å². The monoisotopic (exact) mass is 344 g/mol. The van der Waals surface area contributed by atoms with E-state index in [0.29, 0.717) is 18.0 Å². The quantitative estimate of drug-likeness (QED) is 0.666. The van der Waals surface area contributed by atoms with Gasteiger partial charge in [0.2, 0.25) is 5.89 Å². The van der Waals surface area contributed by atoms with E-state index in [0.717, 1.165) is 23.5 Å². The Bertz CT molecular complexity index is 837. The number of oxazole rings is 1. The first-order valence-corrected chi connectivity index (χ1v) is 7.59. The molecular weight excluding hydrogens is 329 g/mol. The summed E-state index contributed by atoms with van der Waals surface area (Å²) in [7, 11) is 0. The lowest BCUT2D eigenvalue weighted by atomic mass is 10.1. The van der Waals surface area contributed by atoms with Crippen molar-refractivity contribution < 1.29 is 17.6 Å². The summed E-state index contributed by atoms with van der Waals surface area (Å²) >= 11 is 0. The second kappa shape index (κ2) is 7.25. The van der Waals surface area contributed by atoms with E-state index in [2.05, 4.69) is 10.3 Å². The number of nitrogens with zero attached hydrogens (tertiary/aromatic N) is 1. The summed E-state index contributed by atoms with van der Waals surface area (Å²) in [5.74, 6) is 0.393. The number of anilines is 1. The molecule has 0 radical (unpaired) electrons. The van der Waals surface area contributed by atoms with Crippen molar-refractivity contribution in [2.24, 2.45) is 0 Å². The number of alkyl halides is 3. The SMILES string of the molecule is FC(F)(F)c1ccc(C=Cc2nc(CNc3ccccc3)co2)cc1. The second-order valence-corrected chi connectivity index (χ2v) is 5.35. The van der Waals surface area contributed by atoms with Crippen molar-refractivity contribution in [3.63, 3.8) is 0 Å². The van der Waals surface area contributed by atoms with E-state index in [-0.39, 0.29) is 0 Å². The molecule has 6 heteroatoms. The van der Waals surface area contributed by atoms with Crippen LogP contribution in [0.3, 0.4) is 0 Å². The topological polar surface area (TPSA) is 38.1 Å². The number of aromatic nitrogens is 1. The second-order valence-electron chi connectivity index (χ2n) is 5.35. The highest BCUT2D eigenvalue weighted by Gasteiger charge is 2.29. The zero-order valence-corrected chi connectivity index (χ0v) is 13.1. The minimum absolute atomic E-state index is 0.393. The summed E-state index contributed by atoms with van der Waals surface area (Å²) in [6.07, 6.45) is 0.489. The fraction of sp³-hybridized carbons (Fsp3) is 0.105. The number of halogens is 3. The van der Waals surface area contributed by atoms with Gasteiger partial charge in [0.15, 0.2) is 0 Å². The zero-order valence-electron chi connectivity index (χ0n) is 13.1. The van der Waals surface area contributed by atoms with Gasteiger partial charge in [-0.3, -0.25) is 0 Å². The first-order chi connectivity index (χ1) is 12.0. The van der Waals surface area contributed by atoms with Crippen molar-refractivity contribution in [1.82, 2.24) is 4.98 Å². The molecule has 0 atom stereocenters. The van der Waals surface area contributed by atoms with Gasteiger partial charge in [0.25, 0.3) is 0 Å². The van der Waals surface area contributed by atoms with E-state index >= 15 is 0 Å². The summed E-state index contributed by atoms with van der Waals surface area (Å²) < 4.78 is 42.9. The van der Waals surface area contributed by atoms with Gasteiger partial charge in [0.05, 0.1) is 17.8 Å². The maximum absolute atomic E-state index is 12.5. The van der Waals surface area contributed by atoms with Crippen molar-refractivity contribution in [2.75, 3.05) is 5.32 Å². The molecule has 0 saturated heterocycles. The number of hydrogen-bond acceptors (Lipinski definition) is 3. The van der Waals surface area contributed by atoms with Crippen LogP contribution in [-0.2, 0) is 12.7 Å². The molecule has 1 aromatic heterocycles. The van der Waals surface area contributed by atoms with Gasteiger partial charge in [-0.15, -0.1) is 0 Å². The van der Waals surface area contributed by atoms with Crippen LogP contribution in [0, 0.1) is 0 Å². The molecule has 1 N–H and O–H groups in total.